The number of hydrogen-bond acceptors (Lipinski definition) is 6. The largest absolute Gasteiger partial charge is 0.423 e. The molecule has 2 aromatic heterocycles. The average molecular weight is 418 g/mol. The summed E-state index contributed by atoms with van der Waals surface area (Å²) in [5.41, 5.74) is 1.96. The standard InChI is InChI=1S/C22H19FN6O2/c23-16-4-3-6-18(29-24-8-9-25-29)20(16)21(30)27-10-14-12-28(13-15(14)11-27)22-26-17-5-1-2-7-19(17)31-22/h1-9,14-15H,10-13H2. The third-order valence-corrected chi connectivity index (χ3v) is 6.17. The predicted molar refractivity (Wildman–Crippen MR) is 110 cm³/mol. The molecule has 156 valence electrons. The molecule has 6 rings (SSSR count). The molecule has 2 unspecified atom stereocenters. The number of aromatic nitrogens is 4. The maximum Gasteiger partial charge on any atom is 0.298 e. The normalized spacial score (nSPS) is 20.5. The van der Waals surface area contributed by atoms with E-state index in [0.29, 0.717) is 24.8 Å². The van der Waals surface area contributed by atoms with E-state index in [9.17, 15) is 9.18 Å². The second kappa shape index (κ2) is 6.90. The van der Waals surface area contributed by atoms with Crippen molar-refractivity contribution in [3.05, 3.63) is 66.2 Å². The highest BCUT2D eigenvalue weighted by Gasteiger charge is 2.43. The van der Waals surface area contributed by atoms with Crippen LogP contribution in [0.2, 0.25) is 0 Å². The fraction of sp³-hybridized carbons (Fsp3) is 0.273. The molecule has 0 saturated carbocycles. The second-order valence-electron chi connectivity index (χ2n) is 8.05. The predicted octanol–water partition coefficient (Wildman–Crippen LogP) is 2.76. The lowest BCUT2D eigenvalue weighted by Crippen LogP contribution is -2.34. The van der Waals surface area contributed by atoms with Gasteiger partial charge < -0.3 is 14.2 Å². The second-order valence-corrected chi connectivity index (χ2v) is 8.05. The third-order valence-electron chi connectivity index (χ3n) is 6.17. The third kappa shape index (κ3) is 2.96. The number of carbonyl (C=O) groups is 1. The van der Waals surface area contributed by atoms with Crippen LogP contribution >= 0.6 is 0 Å². The maximum atomic E-state index is 14.7. The first-order valence-electron chi connectivity index (χ1n) is 10.2. The van der Waals surface area contributed by atoms with Gasteiger partial charge in [-0.05, 0) is 24.3 Å². The lowest BCUT2D eigenvalue weighted by molar-refractivity contribution is 0.0777. The molecule has 9 heteroatoms. The smallest absolute Gasteiger partial charge is 0.298 e. The van der Waals surface area contributed by atoms with E-state index in [0.717, 1.165) is 24.2 Å². The topological polar surface area (TPSA) is 80.3 Å². The van der Waals surface area contributed by atoms with Gasteiger partial charge in [0.2, 0.25) is 0 Å². The van der Waals surface area contributed by atoms with Gasteiger partial charge in [0.25, 0.3) is 11.9 Å². The zero-order valence-electron chi connectivity index (χ0n) is 16.6. The van der Waals surface area contributed by atoms with Crippen LogP contribution in [0.15, 0.2) is 59.3 Å². The van der Waals surface area contributed by atoms with Crippen molar-refractivity contribution in [2.45, 2.75) is 0 Å². The number of rotatable bonds is 3. The fourth-order valence-electron chi connectivity index (χ4n) is 4.70. The first-order chi connectivity index (χ1) is 15.2. The van der Waals surface area contributed by atoms with E-state index < -0.39 is 5.82 Å². The zero-order chi connectivity index (χ0) is 20.9. The number of benzene rings is 2. The van der Waals surface area contributed by atoms with Crippen molar-refractivity contribution in [1.29, 1.82) is 0 Å². The Morgan fingerprint density at radius 1 is 0.968 bits per heavy atom. The van der Waals surface area contributed by atoms with Crippen molar-refractivity contribution in [2.75, 3.05) is 31.1 Å². The SMILES string of the molecule is O=C(c1c(F)cccc1-n1nccn1)N1CC2CN(c3nc4ccccc4o3)CC2C1. The first-order valence-corrected chi connectivity index (χ1v) is 10.2. The lowest BCUT2D eigenvalue weighted by Gasteiger charge is -2.22. The van der Waals surface area contributed by atoms with Crippen molar-refractivity contribution in [2.24, 2.45) is 11.8 Å². The van der Waals surface area contributed by atoms with Gasteiger partial charge in [0.1, 0.15) is 22.6 Å². The molecule has 0 bridgehead atoms. The summed E-state index contributed by atoms with van der Waals surface area (Å²) in [4.78, 5) is 23.0. The molecule has 31 heavy (non-hydrogen) atoms. The molecule has 8 nitrogen and oxygen atoms in total. The number of hydrogen-bond donors (Lipinski definition) is 0. The van der Waals surface area contributed by atoms with Gasteiger partial charge in [0.15, 0.2) is 5.58 Å². The van der Waals surface area contributed by atoms with E-state index in [4.69, 9.17) is 4.42 Å². The van der Waals surface area contributed by atoms with Gasteiger partial charge in [0.05, 0.1) is 12.4 Å². The zero-order valence-corrected chi connectivity index (χ0v) is 16.6. The number of oxazole rings is 1. The summed E-state index contributed by atoms with van der Waals surface area (Å²) in [6.45, 7) is 2.65. The van der Waals surface area contributed by atoms with E-state index in [1.165, 1.54) is 23.3 Å². The van der Waals surface area contributed by atoms with Crippen molar-refractivity contribution in [3.8, 4) is 5.69 Å². The van der Waals surface area contributed by atoms with Gasteiger partial charge in [-0.25, -0.2) is 4.39 Å². The number of carbonyl (C=O) groups excluding carboxylic acids is 1. The molecule has 2 aliphatic rings. The van der Waals surface area contributed by atoms with Crippen LogP contribution in [-0.2, 0) is 0 Å². The van der Waals surface area contributed by atoms with Gasteiger partial charge >= 0.3 is 0 Å². The molecule has 2 aliphatic heterocycles. The molecule has 0 aliphatic carbocycles. The summed E-state index contributed by atoms with van der Waals surface area (Å²) in [5, 5.41) is 8.12. The Morgan fingerprint density at radius 3 is 2.45 bits per heavy atom. The van der Waals surface area contributed by atoms with Gasteiger partial charge in [-0.2, -0.15) is 20.0 Å². The van der Waals surface area contributed by atoms with Crippen LogP contribution in [0.25, 0.3) is 16.8 Å². The summed E-state index contributed by atoms with van der Waals surface area (Å²) in [6, 6.07) is 12.8. The Kier molecular flexibility index (Phi) is 4.02. The van der Waals surface area contributed by atoms with Crippen molar-refractivity contribution < 1.29 is 13.6 Å². The molecule has 2 saturated heterocycles. The van der Waals surface area contributed by atoms with E-state index in [1.807, 2.05) is 24.3 Å². The molecular formula is C22H19FN6O2. The van der Waals surface area contributed by atoms with Crippen LogP contribution < -0.4 is 4.90 Å². The molecule has 4 aromatic rings. The monoisotopic (exact) mass is 418 g/mol. The molecule has 2 fully saturated rings. The summed E-state index contributed by atoms with van der Waals surface area (Å²) in [6.07, 6.45) is 3.00. The highest BCUT2D eigenvalue weighted by atomic mass is 19.1. The van der Waals surface area contributed by atoms with E-state index in [2.05, 4.69) is 20.1 Å². The van der Waals surface area contributed by atoms with Crippen LogP contribution in [0.5, 0.6) is 0 Å². The lowest BCUT2D eigenvalue weighted by atomic mass is 10.0. The van der Waals surface area contributed by atoms with Gasteiger partial charge in [0, 0.05) is 38.0 Å². The molecule has 2 atom stereocenters. The number of nitrogens with zero attached hydrogens (tertiary/aromatic N) is 6. The molecule has 0 N–H and O–H groups in total. The van der Waals surface area contributed by atoms with E-state index in [1.54, 1.807) is 17.0 Å². The van der Waals surface area contributed by atoms with Crippen LogP contribution in [-0.4, -0.2) is 57.0 Å². The first kappa shape index (κ1) is 18.1. The minimum Gasteiger partial charge on any atom is -0.423 e. The fourth-order valence-corrected chi connectivity index (χ4v) is 4.70. The number of likely N-dealkylation sites (tertiary alicyclic amines) is 1. The minimum atomic E-state index is -0.565. The Labute approximate surface area is 176 Å². The summed E-state index contributed by atoms with van der Waals surface area (Å²) in [7, 11) is 0. The molecule has 0 spiro atoms. The minimum absolute atomic E-state index is 0.00878. The molecule has 2 aromatic carbocycles. The molecule has 0 radical (unpaired) electrons. The summed E-state index contributed by atoms with van der Waals surface area (Å²) >= 11 is 0. The highest BCUT2D eigenvalue weighted by Crippen LogP contribution is 2.35. The highest BCUT2D eigenvalue weighted by molar-refractivity contribution is 5.98. The van der Waals surface area contributed by atoms with Gasteiger partial charge in [-0.1, -0.05) is 18.2 Å². The molecule has 1 amide bonds. The van der Waals surface area contributed by atoms with Crippen LogP contribution in [0.4, 0.5) is 10.4 Å². The molecule has 4 heterocycles. The van der Waals surface area contributed by atoms with E-state index in [-0.39, 0.29) is 23.3 Å². The van der Waals surface area contributed by atoms with Crippen LogP contribution in [0.3, 0.4) is 0 Å². The number of fused-ring (bicyclic) bond motifs is 2. The average Bonchev–Trinajstić information content (AvgIpc) is 3.55. The van der Waals surface area contributed by atoms with E-state index >= 15 is 0 Å². The number of para-hydroxylation sites is 2. The Bertz CT molecular complexity index is 1220. The summed E-state index contributed by atoms with van der Waals surface area (Å²) in [5.74, 6) is -0.313. The number of anilines is 1. The Hall–Kier alpha value is -3.75. The van der Waals surface area contributed by atoms with Crippen molar-refractivity contribution >= 4 is 23.0 Å². The van der Waals surface area contributed by atoms with Crippen molar-refractivity contribution in [1.82, 2.24) is 24.9 Å². The number of amides is 1. The maximum absolute atomic E-state index is 14.7. The van der Waals surface area contributed by atoms with Gasteiger partial charge in [-0.15, -0.1) is 0 Å². The summed E-state index contributed by atoms with van der Waals surface area (Å²) < 4.78 is 20.6. The quantitative estimate of drug-likeness (QED) is 0.509. The van der Waals surface area contributed by atoms with Crippen LogP contribution in [0, 0.1) is 17.7 Å². The Morgan fingerprint density at radius 2 is 1.71 bits per heavy atom. The van der Waals surface area contributed by atoms with Crippen molar-refractivity contribution in [3.63, 3.8) is 0 Å². The molecular weight excluding hydrogens is 399 g/mol. The van der Waals surface area contributed by atoms with Crippen LogP contribution in [0.1, 0.15) is 10.4 Å². The number of halogens is 1. The van der Waals surface area contributed by atoms with Gasteiger partial charge in [-0.3, -0.25) is 4.79 Å². The Balaban J connectivity index is 1.21.